The molecule has 6 heteroatoms. The van der Waals surface area contributed by atoms with Crippen LogP contribution in [-0.4, -0.2) is 27.5 Å². The molecule has 0 radical (unpaired) electrons. The zero-order chi connectivity index (χ0) is 17.3. The Kier molecular flexibility index (Phi) is 6.72. The topological polar surface area (TPSA) is 72.5 Å². The molecule has 0 bridgehead atoms. The summed E-state index contributed by atoms with van der Waals surface area (Å²) in [4.78, 5) is 11.8. The molecule has 0 unspecified atom stereocenters. The SMILES string of the molecule is O=C(CCNS(=O)(=O)c1ccccc1)OC/C=C/c1ccccc1. The quantitative estimate of drug-likeness (QED) is 0.747. The molecule has 1 N–H and O–H groups in total. The molecule has 126 valence electrons. The van der Waals surface area contributed by atoms with Gasteiger partial charge in [0.15, 0.2) is 0 Å². The second kappa shape index (κ2) is 9.00. The van der Waals surface area contributed by atoms with Crippen molar-refractivity contribution in [1.29, 1.82) is 0 Å². The molecule has 2 aromatic carbocycles. The minimum atomic E-state index is -3.59. The molecule has 5 nitrogen and oxygen atoms in total. The van der Waals surface area contributed by atoms with Crippen LogP contribution >= 0.6 is 0 Å². The smallest absolute Gasteiger partial charge is 0.307 e. The summed E-state index contributed by atoms with van der Waals surface area (Å²) < 4.78 is 31.3. The van der Waals surface area contributed by atoms with Crippen LogP contribution < -0.4 is 4.72 Å². The van der Waals surface area contributed by atoms with Gasteiger partial charge in [0.2, 0.25) is 10.0 Å². The Bertz CT molecular complexity index is 771. The lowest BCUT2D eigenvalue weighted by molar-refractivity contribution is -0.142. The summed E-state index contributed by atoms with van der Waals surface area (Å²) in [6, 6.07) is 17.7. The number of hydrogen-bond donors (Lipinski definition) is 1. The van der Waals surface area contributed by atoms with E-state index in [9.17, 15) is 13.2 Å². The lowest BCUT2D eigenvalue weighted by Crippen LogP contribution is -2.26. The first-order valence-corrected chi connectivity index (χ1v) is 8.98. The summed E-state index contributed by atoms with van der Waals surface area (Å²) in [6.45, 7) is 0.150. The van der Waals surface area contributed by atoms with E-state index in [-0.39, 0.29) is 24.5 Å². The van der Waals surface area contributed by atoms with Crippen molar-refractivity contribution in [2.75, 3.05) is 13.2 Å². The lowest BCUT2D eigenvalue weighted by Gasteiger charge is -2.06. The molecule has 0 spiro atoms. The molecular formula is C18H19NO4S. The molecule has 0 amide bonds. The fourth-order valence-electron chi connectivity index (χ4n) is 1.93. The molecule has 2 rings (SSSR count). The number of hydrogen-bond acceptors (Lipinski definition) is 4. The second-order valence-electron chi connectivity index (χ2n) is 4.96. The number of rotatable bonds is 8. The van der Waals surface area contributed by atoms with Crippen molar-refractivity contribution >= 4 is 22.1 Å². The number of esters is 1. The van der Waals surface area contributed by atoms with E-state index in [2.05, 4.69) is 4.72 Å². The van der Waals surface area contributed by atoms with Crippen molar-refractivity contribution in [3.8, 4) is 0 Å². The van der Waals surface area contributed by atoms with Crippen LogP contribution in [0.5, 0.6) is 0 Å². The van der Waals surface area contributed by atoms with E-state index in [1.54, 1.807) is 24.3 Å². The zero-order valence-corrected chi connectivity index (χ0v) is 13.9. The van der Waals surface area contributed by atoms with E-state index in [1.165, 1.54) is 12.1 Å². The van der Waals surface area contributed by atoms with Crippen LogP contribution in [0.3, 0.4) is 0 Å². The van der Waals surface area contributed by atoms with Gasteiger partial charge in [0.05, 0.1) is 11.3 Å². The van der Waals surface area contributed by atoms with Crippen LogP contribution in [0.25, 0.3) is 6.08 Å². The highest BCUT2D eigenvalue weighted by Crippen LogP contribution is 2.06. The lowest BCUT2D eigenvalue weighted by atomic mass is 10.2. The van der Waals surface area contributed by atoms with E-state index in [0.717, 1.165) is 5.56 Å². The van der Waals surface area contributed by atoms with Gasteiger partial charge in [-0.05, 0) is 23.8 Å². The average molecular weight is 345 g/mol. The summed E-state index contributed by atoms with van der Waals surface area (Å²) in [6.07, 6.45) is 3.57. The van der Waals surface area contributed by atoms with Gasteiger partial charge in [-0.25, -0.2) is 13.1 Å². The molecule has 0 saturated carbocycles. The first-order chi connectivity index (χ1) is 11.6. The highest BCUT2D eigenvalue weighted by atomic mass is 32.2. The van der Waals surface area contributed by atoms with Crippen LogP contribution in [0, 0.1) is 0 Å². The number of nitrogens with one attached hydrogen (secondary N) is 1. The van der Waals surface area contributed by atoms with E-state index >= 15 is 0 Å². The van der Waals surface area contributed by atoms with Crippen molar-refractivity contribution in [3.05, 3.63) is 72.3 Å². The van der Waals surface area contributed by atoms with Crippen LogP contribution in [-0.2, 0) is 19.6 Å². The predicted octanol–water partition coefficient (Wildman–Crippen LogP) is 2.61. The fourth-order valence-corrected chi connectivity index (χ4v) is 2.98. The Morgan fingerprint density at radius 1 is 1.00 bits per heavy atom. The van der Waals surface area contributed by atoms with Crippen LogP contribution in [0.1, 0.15) is 12.0 Å². The molecule has 2 aromatic rings. The summed E-state index contributed by atoms with van der Waals surface area (Å²) in [7, 11) is -3.59. The third-order valence-corrected chi connectivity index (χ3v) is 4.60. The molecule has 0 heterocycles. The van der Waals surface area contributed by atoms with E-state index in [4.69, 9.17) is 4.74 Å². The number of carbonyl (C=O) groups is 1. The first kappa shape index (κ1) is 17.9. The Balaban J connectivity index is 1.69. The Hall–Kier alpha value is -2.44. The number of carbonyl (C=O) groups excluding carboxylic acids is 1. The fraction of sp³-hybridized carbons (Fsp3) is 0.167. The number of sulfonamides is 1. The third-order valence-electron chi connectivity index (χ3n) is 3.13. The standard InChI is InChI=1S/C18H19NO4S/c20-18(23-15-7-10-16-8-3-1-4-9-16)13-14-19-24(21,22)17-11-5-2-6-12-17/h1-12,19H,13-15H2/b10-7+. The van der Waals surface area contributed by atoms with E-state index < -0.39 is 16.0 Å². The van der Waals surface area contributed by atoms with Crippen molar-refractivity contribution in [3.63, 3.8) is 0 Å². The largest absolute Gasteiger partial charge is 0.461 e. The summed E-state index contributed by atoms with van der Waals surface area (Å²) in [5, 5.41) is 0. The van der Waals surface area contributed by atoms with Gasteiger partial charge in [-0.1, -0.05) is 54.6 Å². The first-order valence-electron chi connectivity index (χ1n) is 7.50. The summed E-state index contributed by atoms with van der Waals surface area (Å²) in [5.41, 5.74) is 1.02. The molecule has 0 saturated heterocycles. The van der Waals surface area contributed by atoms with Crippen molar-refractivity contribution in [1.82, 2.24) is 4.72 Å². The average Bonchev–Trinajstić information content (AvgIpc) is 2.60. The van der Waals surface area contributed by atoms with Crippen molar-refractivity contribution < 1.29 is 17.9 Å². The molecule has 0 aliphatic carbocycles. The highest BCUT2D eigenvalue weighted by molar-refractivity contribution is 7.89. The Morgan fingerprint density at radius 2 is 1.62 bits per heavy atom. The molecular weight excluding hydrogens is 326 g/mol. The maximum Gasteiger partial charge on any atom is 0.307 e. The molecule has 0 atom stereocenters. The number of benzene rings is 2. The molecule has 0 aromatic heterocycles. The summed E-state index contributed by atoms with van der Waals surface area (Å²) in [5.74, 6) is -0.455. The van der Waals surface area contributed by atoms with Gasteiger partial charge < -0.3 is 4.74 Å². The summed E-state index contributed by atoms with van der Waals surface area (Å²) >= 11 is 0. The maximum absolute atomic E-state index is 12.0. The van der Waals surface area contributed by atoms with Gasteiger partial charge in [0.1, 0.15) is 6.61 Å². The van der Waals surface area contributed by atoms with Gasteiger partial charge >= 0.3 is 5.97 Å². The molecule has 0 aliphatic rings. The maximum atomic E-state index is 12.0. The minimum Gasteiger partial charge on any atom is -0.461 e. The Morgan fingerprint density at radius 3 is 2.29 bits per heavy atom. The normalized spacial score (nSPS) is 11.5. The Labute approximate surface area is 142 Å². The van der Waals surface area contributed by atoms with Crippen LogP contribution in [0.4, 0.5) is 0 Å². The van der Waals surface area contributed by atoms with Gasteiger partial charge in [-0.2, -0.15) is 0 Å². The third kappa shape index (κ3) is 5.98. The molecule has 0 fully saturated rings. The van der Waals surface area contributed by atoms with Crippen LogP contribution in [0.15, 0.2) is 71.6 Å². The minimum absolute atomic E-state index is 0.00153. The predicted molar refractivity (Wildman–Crippen MR) is 92.7 cm³/mol. The van der Waals surface area contributed by atoms with E-state index in [0.29, 0.717) is 0 Å². The van der Waals surface area contributed by atoms with E-state index in [1.807, 2.05) is 36.4 Å². The second-order valence-corrected chi connectivity index (χ2v) is 6.72. The number of ether oxygens (including phenoxy) is 1. The van der Waals surface area contributed by atoms with Crippen LogP contribution in [0.2, 0.25) is 0 Å². The highest BCUT2D eigenvalue weighted by Gasteiger charge is 2.13. The van der Waals surface area contributed by atoms with Gasteiger partial charge in [-0.3, -0.25) is 4.79 Å². The van der Waals surface area contributed by atoms with Gasteiger partial charge in [0.25, 0.3) is 0 Å². The molecule has 24 heavy (non-hydrogen) atoms. The van der Waals surface area contributed by atoms with Crippen molar-refractivity contribution in [2.45, 2.75) is 11.3 Å². The van der Waals surface area contributed by atoms with Gasteiger partial charge in [0, 0.05) is 6.54 Å². The zero-order valence-electron chi connectivity index (χ0n) is 13.1. The van der Waals surface area contributed by atoms with Crippen molar-refractivity contribution in [2.24, 2.45) is 0 Å². The van der Waals surface area contributed by atoms with Gasteiger partial charge in [-0.15, -0.1) is 0 Å². The molecule has 0 aliphatic heterocycles. The monoisotopic (exact) mass is 345 g/mol.